The van der Waals surface area contributed by atoms with Crippen molar-refractivity contribution in [2.75, 3.05) is 18.6 Å². The normalized spacial score (nSPS) is 16.8. The monoisotopic (exact) mass is 367 g/mol. The molecular weight excluding hydrogens is 349 g/mol. The van der Waals surface area contributed by atoms with Crippen LogP contribution in [0.25, 0.3) is 11.4 Å². The molecule has 27 heavy (non-hydrogen) atoms. The van der Waals surface area contributed by atoms with Gasteiger partial charge in [0.25, 0.3) is 0 Å². The second kappa shape index (κ2) is 6.83. The largest absolute Gasteiger partial charge is 0.497 e. The Morgan fingerprint density at radius 1 is 1.26 bits per heavy atom. The van der Waals surface area contributed by atoms with Gasteiger partial charge < -0.3 is 14.2 Å². The highest BCUT2D eigenvalue weighted by Gasteiger charge is 2.35. The van der Waals surface area contributed by atoms with E-state index in [2.05, 4.69) is 10.1 Å². The van der Waals surface area contributed by atoms with E-state index in [9.17, 15) is 9.18 Å². The molecule has 0 spiro atoms. The highest BCUT2D eigenvalue weighted by atomic mass is 19.1. The van der Waals surface area contributed by atoms with E-state index in [0.29, 0.717) is 35.3 Å². The van der Waals surface area contributed by atoms with Crippen LogP contribution in [0.15, 0.2) is 47.0 Å². The van der Waals surface area contributed by atoms with Crippen molar-refractivity contribution in [1.29, 1.82) is 0 Å². The molecule has 1 aromatic heterocycles. The van der Waals surface area contributed by atoms with Crippen molar-refractivity contribution in [1.82, 2.24) is 10.1 Å². The van der Waals surface area contributed by atoms with Crippen LogP contribution in [0.3, 0.4) is 0 Å². The van der Waals surface area contributed by atoms with E-state index in [1.54, 1.807) is 31.1 Å². The van der Waals surface area contributed by atoms with Crippen LogP contribution in [0.4, 0.5) is 10.1 Å². The van der Waals surface area contributed by atoms with Crippen molar-refractivity contribution in [3.63, 3.8) is 0 Å². The van der Waals surface area contributed by atoms with Gasteiger partial charge in [0.05, 0.1) is 13.0 Å². The molecule has 7 heteroatoms. The zero-order valence-electron chi connectivity index (χ0n) is 15.0. The number of halogens is 1. The van der Waals surface area contributed by atoms with E-state index in [-0.39, 0.29) is 24.1 Å². The van der Waals surface area contributed by atoms with Crippen LogP contribution in [0, 0.1) is 12.7 Å². The van der Waals surface area contributed by atoms with E-state index in [0.717, 1.165) is 5.56 Å². The maximum absolute atomic E-state index is 13.8. The van der Waals surface area contributed by atoms with E-state index in [4.69, 9.17) is 9.26 Å². The Labute approximate surface area is 155 Å². The minimum atomic E-state index is -0.332. The molecule has 138 valence electrons. The molecule has 2 aromatic carbocycles. The number of carbonyl (C=O) groups excluding carboxylic acids is 1. The molecule has 0 radical (unpaired) electrons. The van der Waals surface area contributed by atoms with Gasteiger partial charge in [0.1, 0.15) is 11.6 Å². The van der Waals surface area contributed by atoms with Gasteiger partial charge in [-0.2, -0.15) is 4.98 Å². The van der Waals surface area contributed by atoms with Crippen LogP contribution in [-0.4, -0.2) is 29.7 Å². The van der Waals surface area contributed by atoms with Crippen LogP contribution in [-0.2, 0) is 4.79 Å². The molecule has 4 rings (SSSR count). The number of anilines is 1. The Balaban J connectivity index is 1.55. The van der Waals surface area contributed by atoms with Gasteiger partial charge >= 0.3 is 0 Å². The predicted molar refractivity (Wildman–Crippen MR) is 97.1 cm³/mol. The third-order valence-electron chi connectivity index (χ3n) is 4.71. The molecule has 1 saturated heterocycles. The summed E-state index contributed by atoms with van der Waals surface area (Å²) < 4.78 is 24.5. The SMILES string of the molecule is COc1cccc(-c2noc(C3CC(=O)N(c4ccc(C)c(F)c4)C3)n2)c1. The number of methoxy groups -OCH3 is 1. The Bertz CT molecular complexity index is 1000. The summed E-state index contributed by atoms with van der Waals surface area (Å²) in [5.41, 5.74) is 1.85. The van der Waals surface area contributed by atoms with Gasteiger partial charge in [0.2, 0.25) is 17.6 Å². The molecule has 0 saturated carbocycles. The van der Waals surface area contributed by atoms with Gasteiger partial charge in [-0.3, -0.25) is 4.79 Å². The molecule has 0 N–H and O–H groups in total. The van der Waals surface area contributed by atoms with Gasteiger partial charge in [-0.15, -0.1) is 0 Å². The zero-order chi connectivity index (χ0) is 19.0. The minimum absolute atomic E-state index is 0.0932. The van der Waals surface area contributed by atoms with Crippen molar-refractivity contribution in [2.24, 2.45) is 0 Å². The van der Waals surface area contributed by atoms with Crippen molar-refractivity contribution in [2.45, 2.75) is 19.3 Å². The van der Waals surface area contributed by atoms with Crippen molar-refractivity contribution >= 4 is 11.6 Å². The lowest BCUT2D eigenvalue weighted by atomic mass is 10.1. The highest BCUT2D eigenvalue weighted by molar-refractivity contribution is 5.96. The number of aromatic nitrogens is 2. The Morgan fingerprint density at radius 3 is 2.89 bits per heavy atom. The second-order valence-corrected chi connectivity index (χ2v) is 6.53. The molecule has 1 aliphatic rings. The molecule has 0 bridgehead atoms. The maximum Gasteiger partial charge on any atom is 0.232 e. The summed E-state index contributed by atoms with van der Waals surface area (Å²) in [5.74, 6) is 0.884. The number of hydrogen-bond donors (Lipinski definition) is 0. The van der Waals surface area contributed by atoms with Crippen LogP contribution < -0.4 is 9.64 Å². The number of nitrogens with zero attached hydrogens (tertiary/aromatic N) is 3. The third kappa shape index (κ3) is 3.28. The lowest BCUT2D eigenvalue weighted by Crippen LogP contribution is -2.24. The number of aryl methyl sites for hydroxylation is 1. The average molecular weight is 367 g/mol. The molecule has 1 fully saturated rings. The fourth-order valence-electron chi connectivity index (χ4n) is 3.15. The first kappa shape index (κ1) is 17.2. The van der Waals surface area contributed by atoms with E-state index >= 15 is 0 Å². The summed E-state index contributed by atoms with van der Waals surface area (Å²) in [5, 5.41) is 4.02. The number of rotatable bonds is 4. The summed E-state index contributed by atoms with van der Waals surface area (Å²) in [6.07, 6.45) is 0.245. The molecule has 0 aliphatic carbocycles. The summed E-state index contributed by atoms with van der Waals surface area (Å²) >= 11 is 0. The quantitative estimate of drug-likeness (QED) is 0.703. The van der Waals surface area contributed by atoms with E-state index in [1.165, 1.54) is 6.07 Å². The summed E-state index contributed by atoms with van der Waals surface area (Å²) in [7, 11) is 1.59. The van der Waals surface area contributed by atoms with E-state index in [1.807, 2.05) is 24.3 Å². The molecule has 6 nitrogen and oxygen atoms in total. The summed E-state index contributed by atoms with van der Waals surface area (Å²) in [6.45, 7) is 2.06. The summed E-state index contributed by atoms with van der Waals surface area (Å²) in [6, 6.07) is 12.1. The lowest BCUT2D eigenvalue weighted by molar-refractivity contribution is -0.117. The highest BCUT2D eigenvalue weighted by Crippen LogP contribution is 2.32. The van der Waals surface area contributed by atoms with Crippen molar-refractivity contribution < 1.29 is 18.4 Å². The van der Waals surface area contributed by atoms with Crippen LogP contribution >= 0.6 is 0 Å². The fourth-order valence-corrected chi connectivity index (χ4v) is 3.15. The number of ether oxygens (including phenoxy) is 1. The van der Waals surface area contributed by atoms with Gasteiger partial charge in [-0.05, 0) is 36.8 Å². The number of hydrogen-bond acceptors (Lipinski definition) is 5. The van der Waals surface area contributed by atoms with Gasteiger partial charge in [0, 0.05) is 24.2 Å². The van der Waals surface area contributed by atoms with Gasteiger partial charge in [-0.1, -0.05) is 23.4 Å². The third-order valence-corrected chi connectivity index (χ3v) is 4.71. The predicted octanol–water partition coefficient (Wildman–Crippen LogP) is 3.71. The molecule has 1 aliphatic heterocycles. The van der Waals surface area contributed by atoms with Gasteiger partial charge in [0.15, 0.2) is 0 Å². The molecule has 1 atom stereocenters. The zero-order valence-corrected chi connectivity index (χ0v) is 15.0. The number of benzene rings is 2. The van der Waals surface area contributed by atoms with E-state index < -0.39 is 0 Å². The molecule has 1 amide bonds. The van der Waals surface area contributed by atoms with Crippen LogP contribution in [0.2, 0.25) is 0 Å². The molecule has 1 unspecified atom stereocenters. The topological polar surface area (TPSA) is 68.5 Å². The standard InChI is InChI=1S/C20H18FN3O3/c1-12-6-7-15(10-17(12)21)24-11-14(9-18(24)25)20-22-19(23-27-20)13-4-3-5-16(8-13)26-2/h3-8,10,14H,9,11H2,1-2H3. The molecule has 2 heterocycles. The Hall–Kier alpha value is -3.22. The summed E-state index contributed by atoms with van der Waals surface area (Å²) in [4.78, 5) is 18.4. The fraction of sp³-hybridized carbons (Fsp3) is 0.250. The lowest BCUT2D eigenvalue weighted by Gasteiger charge is -2.16. The van der Waals surface area contributed by atoms with Crippen molar-refractivity contribution in [3.05, 3.63) is 59.7 Å². The van der Waals surface area contributed by atoms with Gasteiger partial charge in [-0.25, -0.2) is 4.39 Å². The first-order valence-corrected chi connectivity index (χ1v) is 8.59. The number of amides is 1. The second-order valence-electron chi connectivity index (χ2n) is 6.53. The van der Waals surface area contributed by atoms with Crippen LogP contribution in [0.1, 0.15) is 23.8 Å². The Kier molecular flexibility index (Phi) is 4.35. The molecular formula is C20H18FN3O3. The first-order valence-electron chi connectivity index (χ1n) is 8.59. The first-order chi connectivity index (χ1) is 13.0. The molecule has 3 aromatic rings. The maximum atomic E-state index is 13.8. The number of carbonyl (C=O) groups is 1. The average Bonchev–Trinajstić information content (AvgIpc) is 3.31. The Morgan fingerprint density at radius 2 is 2.11 bits per heavy atom. The van der Waals surface area contributed by atoms with Crippen molar-refractivity contribution in [3.8, 4) is 17.1 Å². The smallest absolute Gasteiger partial charge is 0.232 e. The van der Waals surface area contributed by atoms with Crippen LogP contribution in [0.5, 0.6) is 5.75 Å². The minimum Gasteiger partial charge on any atom is -0.497 e.